The van der Waals surface area contributed by atoms with Crippen LogP contribution < -0.4 is 4.72 Å². The predicted octanol–water partition coefficient (Wildman–Crippen LogP) is 1.82. The molecular weight excluding hydrogens is 400 g/mol. The number of halogens is 2. The van der Waals surface area contributed by atoms with Gasteiger partial charge >= 0.3 is 0 Å². The van der Waals surface area contributed by atoms with Crippen LogP contribution in [0.25, 0.3) is 0 Å². The number of nitrogens with one attached hydrogen (secondary N) is 1. The first-order chi connectivity index (χ1) is 8.88. The molecule has 2 rings (SSSR count). The molecule has 0 unspecified atom stereocenters. The maximum absolute atomic E-state index is 12.1. The molecule has 0 bridgehead atoms. The number of hydrogen-bond acceptors (Lipinski definition) is 4. The van der Waals surface area contributed by atoms with Crippen molar-refractivity contribution in [2.24, 2.45) is 7.05 Å². The molecule has 0 amide bonds. The largest absolute Gasteiger partial charge is 0.256 e. The van der Waals surface area contributed by atoms with Crippen LogP contribution in [0.1, 0.15) is 5.82 Å². The van der Waals surface area contributed by atoms with E-state index in [0.29, 0.717) is 10.3 Å². The predicted molar refractivity (Wildman–Crippen MR) is 76.9 cm³/mol. The number of rotatable bonds is 4. The zero-order chi connectivity index (χ0) is 14.0. The first-order valence-corrected chi connectivity index (χ1v) is 8.24. The second-order valence-corrected chi connectivity index (χ2v) is 7.24. The molecule has 1 aromatic heterocycles. The standard InChI is InChI=1S/C10H10Br2N4O2S/c1-16-6-13-10(15-16)5-14-19(17,18)9-3-2-7(11)4-8(9)12/h2-4,6,14H,5H2,1H3. The van der Waals surface area contributed by atoms with Gasteiger partial charge in [-0.3, -0.25) is 4.68 Å². The number of aryl methyl sites for hydroxylation is 1. The first-order valence-electron chi connectivity index (χ1n) is 5.18. The average molecular weight is 410 g/mol. The number of benzene rings is 1. The van der Waals surface area contributed by atoms with Gasteiger partial charge in [-0.1, -0.05) is 15.9 Å². The van der Waals surface area contributed by atoms with E-state index in [9.17, 15) is 8.42 Å². The van der Waals surface area contributed by atoms with Gasteiger partial charge in [-0.2, -0.15) is 5.10 Å². The smallest absolute Gasteiger partial charge is 0.242 e. The Morgan fingerprint density at radius 3 is 2.68 bits per heavy atom. The van der Waals surface area contributed by atoms with Gasteiger partial charge in [-0.05, 0) is 34.1 Å². The van der Waals surface area contributed by atoms with Crippen molar-refractivity contribution in [3.05, 3.63) is 39.3 Å². The maximum Gasteiger partial charge on any atom is 0.242 e. The van der Waals surface area contributed by atoms with Gasteiger partial charge < -0.3 is 0 Å². The molecule has 0 aliphatic rings. The fraction of sp³-hybridized carbons (Fsp3) is 0.200. The van der Waals surface area contributed by atoms with E-state index in [4.69, 9.17) is 0 Å². The Hall–Kier alpha value is -0.770. The molecule has 1 N–H and O–H groups in total. The monoisotopic (exact) mass is 408 g/mol. The summed E-state index contributed by atoms with van der Waals surface area (Å²) in [5.41, 5.74) is 0. The maximum atomic E-state index is 12.1. The molecule has 1 aromatic carbocycles. The molecule has 1 heterocycles. The summed E-state index contributed by atoms with van der Waals surface area (Å²) in [4.78, 5) is 4.13. The van der Waals surface area contributed by atoms with Crippen LogP contribution in [0.4, 0.5) is 0 Å². The molecule has 0 fully saturated rings. The molecule has 0 aliphatic carbocycles. The highest BCUT2D eigenvalue weighted by atomic mass is 79.9. The summed E-state index contributed by atoms with van der Waals surface area (Å²) in [6.07, 6.45) is 1.51. The third-order valence-electron chi connectivity index (χ3n) is 2.25. The molecule has 6 nitrogen and oxygen atoms in total. The summed E-state index contributed by atoms with van der Waals surface area (Å²) in [7, 11) is -1.89. The van der Waals surface area contributed by atoms with E-state index in [0.717, 1.165) is 4.47 Å². The molecule has 0 aliphatic heterocycles. The Morgan fingerprint density at radius 1 is 1.37 bits per heavy atom. The molecule has 102 valence electrons. The van der Waals surface area contributed by atoms with Crippen LogP contribution in [-0.4, -0.2) is 23.2 Å². The molecule has 19 heavy (non-hydrogen) atoms. The van der Waals surface area contributed by atoms with Gasteiger partial charge in [0.25, 0.3) is 0 Å². The topological polar surface area (TPSA) is 76.9 Å². The Balaban J connectivity index is 2.18. The number of aromatic nitrogens is 3. The lowest BCUT2D eigenvalue weighted by molar-refractivity contribution is 0.578. The summed E-state index contributed by atoms with van der Waals surface area (Å²) < 4.78 is 29.5. The SMILES string of the molecule is Cn1cnc(CNS(=O)(=O)c2ccc(Br)cc2Br)n1. The summed E-state index contributed by atoms with van der Waals surface area (Å²) >= 11 is 6.50. The normalized spacial score (nSPS) is 11.7. The summed E-state index contributed by atoms with van der Waals surface area (Å²) in [6, 6.07) is 4.86. The van der Waals surface area contributed by atoms with E-state index in [1.807, 2.05) is 0 Å². The third-order valence-corrected chi connectivity index (χ3v) is 5.12. The van der Waals surface area contributed by atoms with E-state index >= 15 is 0 Å². The van der Waals surface area contributed by atoms with Crippen molar-refractivity contribution < 1.29 is 8.42 Å². The van der Waals surface area contributed by atoms with E-state index in [-0.39, 0.29) is 11.4 Å². The number of sulfonamides is 1. The van der Waals surface area contributed by atoms with Crippen LogP contribution in [0.15, 0.2) is 38.4 Å². The molecule has 0 atom stereocenters. The minimum absolute atomic E-state index is 0.0473. The van der Waals surface area contributed by atoms with Crippen molar-refractivity contribution >= 4 is 41.9 Å². The van der Waals surface area contributed by atoms with Crippen molar-refractivity contribution in [2.75, 3.05) is 0 Å². The summed E-state index contributed by atoms with van der Waals surface area (Å²) in [5.74, 6) is 0.416. The summed E-state index contributed by atoms with van der Waals surface area (Å²) in [6.45, 7) is 0.0473. The zero-order valence-corrected chi connectivity index (χ0v) is 13.8. The lowest BCUT2D eigenvalue weighted by atomic mass is 10.4. The fourth-order valence-corrected chi connectivity index (χ4v) is 4.12. The molecule has 2 aromatic rings. The van der Waals surface area contributed by atoms with Crippen LogP contribution in [-0.2, 0) is 23.6 Å². The lowest BCUT2D eigenvalue weighted by Gasteiger charge is -2.07. The Kier molecular flexibility index (Phi) is 4.39. The van der Waals surface area contributed by atoms with E-state index in [1.165, 1.54) is 17.1 Å². The van der Waals surface area contributed by atoms with E-state index in [1.54, 1.807) is 19.2 Å². The van der Waals surface area contributed by atoms with Crippen LogP contribution in [0, 0.1) is 0 Å². The van der Waals surface area contributed by atoms with Gasteiger partial charge in [0, 0.05) is 16.0 Å². The Morgan fingerprint density at radius 2 is 2.11 bits per heavy atom. The average Bonchev–Trinajstić information content (AvgIpc) is 2.72. The number of nitrogens with zero attached hydrogens (tertiary/aromatic N) is 3. The van der Waals surface area contributed by atoms with Crippen molar-refractivity contribution in [1.29, 1.82) is 0 Å². The van der Waals surface area contributed by atoms with E-state index in [2.05, 4.69) is 46.7 Å². The van der Waals surface area contributed by atoms with Gasteiger partial charge in [0.05, 0.1) is 11.4 Å². The van der Waals surface area contributed by atoms with Gasteiger partial charge in [0.15, 0.2) is 5.82 Å². The lowest BCUT2D eigenvalue weighted by Crippen LogP contribution is -2.24. The molecule has 0 saturated heterocycles. The zero-order valence-electron chi connectivity index (χ0n) is 9.84. The van der Waals surface area contributed by atoms with Crippen molar-refractivity contribution in [3.8, 4) is 0 Å². The molecular formula is C10H10Br2N4O2S. The minimum atomic E-state index is -3.60. The minimum Gasteiger partial charge on any atom is -0.256 e. The number of hydrogen-bond donors (Lipinski definition) is 1. The Bertz CT molecular complexity index is 699. The van der Waals surface area contributed by atoms with Gasteiger partial charge in [0.2, 0.25) is 10.0 Å². The third kappa shape index (κ3) is 3.62. The highest BCUT2D eigenvalue weighted by Gasteiger charge is 2.18. The molecule has 0 spiro atoms. The van der Waals surface area contributed by atoms with Crippen molar-refractivity contribution in [1.82, 2.24) is 19.5 Å². The quantitative estimate of drug-likeness (QED) is 0.835. The van der Waals surface area contributed by atoms with Crippen LogP contribution in [0.2, 0.25) is 0 Å². The Labute approximate surface area is 127 Å². The molecule has 0 saturated carbocycles. The van der Waals surface area contributed by atoms with Crippen LogP contribution in [0.3, 0.4) is 0 Å². The first kappa shape index (κ1) is 14.6. The molecule has 0 radical (unpaired) electrons. The van der Waals surface area contributed by atoms with Gasteiger partial charge in [-0.25, -0.2) is 18.1 Å². The van der Waals surface area contributed by atoms with Gasteiger partial charge in [-0.15, -0.1) is 0 Å². The van der Waals surface area contributed by atoms with Crippen molar-refractivity contribution in [2.45, 2.75) is 11.4 Å². The summed E-state index contributed by atoms with van der Waals surface area (Å²) in [5, 5.41) is 4.00. The highest BCUT2D eigenvalue weighted by molar-refractivity contribution is 9.11. The fourth-order valence-electron chi connectivity index (χ4n) is 1.40. The van der Waals surface area contributed by atoms with Crippen LogP contribution in [0.5, 0.6) is 0 Å². The van der Waals surface area contributed by atoms with Crippen LogP contribution >= 0.6 is 31.9 Å². The van der Waals surface area contributed by atoms with E-state index < -0.39 is 10.0 Å². The second kappa shape index (κ2) is 5.70. The molecule has 9 heteroatoms. The highest BCUT2D eigenvalue weighted by Crippen LogP contribution is 2.25. The van der Waals surface area contributed by atoms with Gasteiger partial charge in [0.1, 0.15) is 6.33 Å². The van der Waals surface area contributed by atoms with Crippen molar-refractivity contribution in [3.63, 3.8) is 0 Å². The second-order valence-electron chi connectivity index (χ2n) is 3.73.